The van der Waals surface area contributed by atoms with Crippen LogP contribution in [0.15, 0.2) is 12.2 Å². The Labute approximate surface area is 135 Å². The third-order valence-corrected chi connectivity index (χ3v) is 7.07. The molecule has 3 aliphatic carbocycles. The molecule has 0 radical (unpaired) electrons. The minimum Gasteiger partial charge on any atom is -0.466 e. The molecule has 0 aromatic carbocycles. The third-order valence-electron chi connectivity index (χ3n) is 7.07. The van der Waals surface area contributed by atoms with Crippen molar-refractivity contribution in [2.75, 3.05) is 6.61 Å². The van der Waals surface area contributed by atoms with E-state index >= 15 is 0 Å². The van der Waals surface area contributed by atoms with Gasteiger partial charge in [-0.3, -0.25) is 4.79 Å². The van der Waals surface area contributed by atoms with Crippen molar-refractivity contribution in [3.05, 3.63) is 12.2 Å². The van der Waals surface area contributed by atoms with Gasteiger partial charge in [-0.2, -0.15) is 0 Å². The summed E-state index contributed by atoms with van der Waals surface area (Å²) in [6.45, 7) is 9.02. The lowest BCUT2D eigenvalue weighted by molar-refractivity contribution is -0.146. The van der Waals surface area contributed by atoms with Crippen LogP contribution in [-0.2, 0) is 9.53 Å². The Morgan fingerprint density at radius 1 is 1.23 bits per heavy atom. The summed E-state index contributed by atoms with van der Waals surface area (Å²) in [6.07, 6.45) is 12.0. The first-order valence-electron chi connectivity index (χ1n) is 9.32. The van der Waals surface area contributed by atoms with Crippen LogP contribution >= 0.6 is 0 Å². The molecule has 2 heteroatoms. The number of hydrogen-bond donors (Lipinski definition) is 0. The smallest absolute Gasteiger partial charge is 0.302 e. The number of ether oxygens (including phenoxy) is 1. The fourth-order valence-corrected chi connectivity index (χ4v) is 5.89. The minimum atomic E-state index is -0.119. The second kappa shape index (κ2) is 6.37. The number of carbonyl (C=O) groups excluding carboxylic acids is 1. The van der Waals surface area contributed by atoms with Crippen molar-refractivity contribution in [3.8, 4) is 0 Å². The number of allylic oxidation sites excluding steroid dienone is 1. The van der Waals surface area contributed by atoms with E-state index in [2.05, 4.69) is 13.5 Å². The van der Waals surface area contributed by atoms with Gasteiger partial charge in [0.15, 0.2) is 0 Å². The fraction of sp³-hybridized carbons (Fsp3) is 0.850. The Bertz CT molecular complexity index is 433. The maximum atomic E-state index is 11.4. The van der Waals surface area contributed by atoms with Crippen LogP contribution in [0, 0.1) is 29.1 Å². The van der Waals surface area contributed by atoms with E-state index in [4.69, 9.17) is 4.74 Å². The van der Waals surface area contributed by atoms with E-state index in [0.717, 1.165) is 5.92 Å². The quantitative estimate of drug-likeness (QED) is 0.534. The molecular weight excluding hydrogens is 272 g/mol. The van der Waals surface area contributed by atoms with E-state index in [1.165, 1.54) is 63.4 Å². The molecule has 0 bridgehead atoms. The topological polar surface area (TPSA) is 26.3 Å². The maximum absolute atomic E-state index is 11.4. The van der Waals surface area contributed by atoms with E-state index < -0.39 is 0 Å². The molecule has 3 aliphatic rings. The highest BCUT2D eigenvalue weighted by Gasteiger charge is 2.49. The lowest BCUT2D eigenvalue weighted by Crippen LogP contribution is -2.44. The van der Waals surface area contributed by atoms with E-state index in [1.807, 2.05) is 0 Å². The highest BCUT2D eigenvalue weighted by Crippen LogP contribution is 2.57. The zero-order valence-corrected chi connectivity index (χ0v) is 14.4. The van der Waals surface area contributed by atoms with Crippen molar-refractivity contribution in [3.63, 3.8) is 0 Å². The molecule has 0 amide bonds. The van der Waals surface area contributed by atoms with Crippen LogP contribution in [0.2, 0.25) is 0 Å². The van der Waals surface area contributed by atoms with Gasteiger partial charge in [-0.25, -0.2) is 0 Å². The standard InChI is InChI=1S/C20H32O2/c1-14-7-8-17-16(14)9-10-19(18(17)13-22-15(2)21)20(3)11-5-4-6-12-20/h16-19H,1,4-13H2,2-3H3/t16?,17?,18-,19?/m0/s1. The monoisotopic (exact) mass is 304 g/mol. The average Bonchev–Trinajstić information content (AvgIpc) is 2.87. The fourth-order valence-electron chi connectivity index (χ4n) is 5.89. The number of fused-ring (bicyclic) bond motifs is 1. The number of esters is 1. The molecule has 3 fully saturated rings. The van der Waals surface area contributed by atoms with Gasteiger partial charge in [-0.15, -0.1) is 0 Å². The van der Waals surface area contributed by atoms with Gasteiger partial charge in [-0.1, -0.05) is 38.3 Å². The third kappa shape index (κ3) is 2.98. The van der Waals surface area contributed by atoms with Crippen molar-refractivity contribution in [2.24, 2.45) is 29.1 Å². The van der Waals surface area contributed by atoms with Crippen molar-refractivity contribution in [1.82, 2.24) is 0 Å². The molecule has 124 valence electrons. The molecule has 3 saturated carbocycles. The molecule has 0 N–H and O–H groups in total. The molecule has 0 spiro atoms. The van der Waals surface area contributed by atoms with Crippen LogP contribution in [0.5, 0.6) is 0 Å². The van der Waals surface area contributed by atoms with Crippen LogP contribution in [-0.4, -0.2) is 12.6 Å². The summed E-state index contributed by atoms with van der Waals surface area (Å²) in [7, 11) is 0. The highest BCUT2D eigenvalue weighted by atomic mass is 16.5. The predicted molar refractivity (Wildman–Crippen MR) is 89.4 cm³/mol. The van der Waals surface area contributed by atoms with Crippen molar-refractivity contribution in [1.29, 1.82) is 0 Å². The van der Waals surface area contributed by atoms with Crippen LogP contribution in [0.4, 0.5) is 0 Å². The van der Waals surface area contributed by atoms with Crippen LogP contribution in [0.25, 0.3) is 0 Å². The Morgan fingerprint density at radius 2 is 1.95 bits per heavy atom. The molecule has 2 nitrogen and oxygen atoms in total. The molecule has 0 saturated heterocycles. The summed E-state index contributed by atoms with van der Waals surface area (Å²) in [5, 5.41) is 0. The van der Waals surface area contributed by atoms with Gasteiger partial charge in [0.25, 0.3) is 0 Å². The van der Waals surface area contributed by atoms with E-state index in [-0.39, 0.29) is 5.97 Å². The zero-order valence-electron chi connectivity index (χ0n) is 14.4. The molecular formula is C20H32O2. The van der Waals surface area contributed by atoms with Gasteiger partial charge < -0.3 is 4.74 Å². The highest BCUT2D eigenvalue weighted by molar-refractivity contribution is 5.65. The summed E-state index contributed by atoms with van der Waals surface area (Å²) in [6, 6.07) is 0. The Kier molecular flexibility index (Phi) is 4.66. The summed E-state index contributed by atoms with van der Waals surface area (Å²) in [5.41, 5.74) is 1.93. The van der Waals surface area contributed by atoms with E-state index in [0.29, 0.717) is 29.8 Å². The van der Waals surface area contributed by atoms with Crippen LogP contribution in [0.1, 0.15) is 71.6 Å². The molecule has 0 aromatic rings. The molecule has 4 atom stereocenters. The summed E-state index contributed by atoms with van der Waals surface area (Å²) in [4.78, 5) is 11.4. The van der Waals surface area contributed by atoms with Crippen LogP contribution < -0.4 is 0 Å². The average molecular weight is 304 g/mol. The minimum absolute atomic E-state index is 0.119. The van der Waals surface area contributed by atoms with Crippen LogP contribution in [0.3, 0.4) is 0 Å². The Balaban J connectivity index is 1.80. The van der Waals surface area contributed by atoms with Gasteiger partial charge in [0.05, 0.1) is 6.61 Å². The summed E-state index contributed by atoms with van der Waals surface area (Å²) < 4.78 is 5.52. The molecule has 3 rings (SSSR count). The number of hydrogen-bond acceptors (Lipinski definition) is 2. The first-order chi connectivity index (χ1) is 10.5. The normalized spacial score (nSPS) is 37.6. The largest absolute Gasteiger partial charge is 0.466 e. The molecule has 0 aromatic heterocycles. The Hall–Kier alpha value is -0.790. The summed E-state index contributed by atoms with van der Waals surface area (Å²) in [5.74, 6) is 2.59. The van der Waals surface area contributed by atoms with E-state index in [1.54, 1.807) is 6.92 Å². The number of carbonyl (C=O) groups is 1. The second-order valence-corrected chi connectivity index (χ2v) is 8.33. The van der Waals surface area contributed by atoms with Gasteiger partial charge >= 0.3 is 5.97 Å². The first-order valence-corrected chi connectivity index (χ1v) is 9.32. The first kappa shape index (κ1) is 16.1. The summed E-state index contributed by atoms with van der Waals surface area (Å²) >= 11 is 0. The molecule has 0 heterocycles. The Morgan fingerprint density at radius 3 is 2.64 bits per heavy atom. The molecule has 3 unspecified atom stereocenters. The predicted octanol–water partition coefficient (Wildman–Crippen LogP) is 5.13. The van der Waals surface area contributed by atoms with E-state index in [9.17, 15) is 4.79 Å². The van der Waals surface area contributed by atoms with Crippen molar-refractivity contribution in [2.45, 2.75) is 71.6 Å². The van der Waals surface area contributed by atoms with Gasteiger partial charge in [0, 0.05) is 6.92 Å². The second-order valence-electron chi connectivity index (χ2n) is 8.33. The van der Waals surface area contributed by atoms with Crippen molar-refractivity contribution >= 4 is 5.97 Å². The van der Waals surface area contributed by atoms with Gasteiger partial charge in [-0.05, 0) is 67.6 Å². The van der Waals surface area contributed by atoms with Gasteiger partial charge in [0.1, 0.15) is 0 Å². The molecule has 0 aliphatic heterocycles. The number of rotatable bonds is 3. The molecule has 22 heavy (non-hydrogen) atoms. The van der Waals surface area contributed by atoms with Gasteiger partial charge in [0.2, 0.25) is 0 Å². The maximum Gasteiger partial charge on any atom is 0.302 e. The SMILES string of the molecule is C=C1CCC2C1CCC(C1(C)CCCCC1)[C@H]2COC(C)=O. The zero-order chi connectivity index (χ0) is 15.7. The lowest BCUT2D eigenvalue weighted by atomic mass is 9.55. The lowest BCUT2D eigenvalue weighted by Gasteiger charge is -2.50. The van der Waals surface area contributed by atoms with Crippen molar-refractivity contribution < 1.29 is 9.53 Å².